The van der Waals surface area contributed by atoms with Crippen molar-refractivity contribution in [3.63, 3.8) is 0 Å². The minimum Gasteiger partial charge on any atom is -0.370 e. The fraction of sp³-hybridized carbons (Fsp3) is 0.444. The summed E-state index contributed by atoms with van der Waals surface area (Å²) in [7, 11) is 1.92. The zero-order chi connectivity index (χ0) is 17.8. The normalized spacial score (nSPS) is 15.7. The fourth-order valence-corrected chi connectivity index (χ4v) is 3.13. The van der Waals surface area contributed by atoms with Crippen molar-refractivity contribution in [3.8, 4) is 0 Å². The number of hydrogen-bond donors (Lipinski definition) is 1. The van der Waals surface area contributed by atoms with E-state index in [0.29, 0.717) is 12.5 Å². The van der Waals surface area contributed by atoms with E-state index >= 15 is 0 Å². The molecule has 1 fully saturated rings. The Bertz CT molecular complexity index is 729. The van der Waals surface area contributed by atoms with Gasteiger partial charge >= 0.3 is 0 Å². The average Bonchev–Trinajstić information content (AvgIpc) is 3.00. The molecule has 1 aliphatic heterocycles. The average molecular weight is 344 g/mol. The molecule has 0 radical (unpaired) electrons. The molecule has 1 saturated heterocycles. The molecular formula is C18H25FN6. The van der Waals surface area contributed by atoms with E-state index in [1.807, 2.05) is 30.1 Å². The molecule has 1 aliphatic rings. The van der Waals surface area contributed by atoms with Gasteiger partial charge in [0, 0.05) is 50.7 Å². The summed E-state index contributed by atoms with van der Waals surface area (Å²) in [5.74, 6) is 0.366. The number of piperazine rings is 1. The first-order chi connectivity index (χ1) is 12.1. The first kappa shape index (κ1) is 17.3. The van der Waals surface area contributed by atoms with Crippen LogP contribution in [-0.4, -0.2) is 46.8 Å². The van der Waals surface area contributed by atoms with E-state index in [1.165, 1.54) is 12.1 Å². The van der Waals surface area contributed by atoms with Crippen molar-refractivity contribution in [1.82, 2.24) is 14.7 Å². The largest absolute Gasteiger partial charge is 0.370 e. The van der Waals surface area contributed by atoms with Gasteiger partial charge < -0.3 is 15.5 Å². The number of nitrogens with zero attached hydrogens (tertiary/aromatic N) is 5. The highest BCUT2D eigenvalue weighted by molar-refractivity contribution is 5.78. The Kier molecular flexibility index (Phi) is 5.21. The van der Waals surface area contributed by atoms with Gasteiger partial charge in [-0.1, -0.05) is 6.92 Å². The van der Waals surface area contributed by atoms with Crippen LogP contribution in [0.15, 0.2) is 35.5 Å². The van der Waals surface area contributed by atoms with E-state index in [0.717, 1.165) is 49.5 Å². The summed E-state index contributed by atoms with van der Waals surface area (Å²) in [6, 6.07) is 6.63. The number of aromatic nitrogens is 2. The van der Waals surface area contributed by atoms with E-state index in [1.54, 1.807) is 0 Å². The quantitative estimate of drug-likeness (QED) is 0.678. The molecule has 0 spiro atoms. The van der Waals surface area contributed by atoms with Gasteiger partial charge in [0.1, 0.15) is 5.82 Å². The molecule has 0 aliphatic carbocycles. The predicted octanol–water partition coefficient (Wildman–Crippen LogP) is 1.76. The zero-order valence-corrected chi connectivity index (χ0v) is 14.8. The van der Waals surface area contributed by atoms with Crippen molar-refractivity contribution in [1.29, 1.82) is 0 Å². The summed E-state index contributed by atoms with van der Waals surface area (Å²) in [6.45, 7) is 5.94. The number of rotatable bonds is 4. The smallest absolute Gasteiger partial charge is 0.191 e. The molecule has 0 atom stereocenters. The van der Waals surface area contributed by atoms with E-state index in [4.69, 9.17) is 5.73 Å². The lowest BCUT2D eigenvalue weighted by molar-refractivity contribution is 0.380. The fourth-order valence-electron chi connectivity index (χ4n) is 3.13. The minimum absolute atomic E-state index is 0.208. The summed E-state index contributed by atoms with van der Waals surface area (Å²) in [4.78, 5) is 8.88. The van der Waals surface area contributed by atoms with Gasteiger partial charge in [0.2, 0.25) is 0 Å². The maximum absolute atomic E-state index is 13.0. The van der Waals surface area contributed by atoms with Crippen molar-refractivity contribution in [2.45, 2.75) is 19.9 Å². The van der Waals surface area contributed by atoms with Crippen molar-refractivity contribution in [3.05, 3.63) is 47.5 Å². The molecule has 25 heavy (non-hydrogen) atoms. The highest BCUT2D eigenvalue weighted by Gasteiger charge is 2.18. The second kappa shape index (κ2) is 7.55. The zero-order valence-electron chi connectivity index (χ0n) is 14.8. The Hall–Kier alpha value is -2.57. The Morgan fingerprint density at radius 2 is 1.88 bits per heavy atom. The van der Waals surface area contributed by atoms with Crippen LogP contribution in [0.25, 0.3) is 0 Å². The van der Waals surface area contributed by atoms with Crippen LogP contribution in [0.5, 0.6) is 0 Å². The number of aryl methyl sites for hydroxylation is 2. The minimum atomic E-state index is -0.208. The van der Waals surface area contributed by atoms with Gasteiger partial charge in [-0.05, 0) is 30.7 Å². The molecule has 2 N–H and O–H groups in total. The Morgan fingerprint density at radius 1 is 1.20 bits per heavy atom. The lowest BCUT2D eigenvalue weighted by Gasteiger charge is -2.36. The van der Waals surface area contributed by atoms with Gasteiger partial charge in [0.05, 0.1) is 12.2 Å². The van der Waals surface area contributed by atoms with Crippen molar-refractivity contribution in [2.24, 2.45) is 17.8 Å². The predicted molar refractivity (Wildman–Crippen MR) is 98.1 cm³/mol. The third kappa shape index (κ3) is 4.10. The summed E-state index contributed by atoms with van der Waals surface area (Å²) < 4.78 is 14.9. The maximum Gasteiger partial charge on any atom is 0.191 e. The molecule has 0 unspecified atom stereocenters. The summed E-state index contributed by atoms with van der Waals surface area (Å²) in [5, 5.41) is 4.43. The van der Waals surface area contributed by atoms with Crippen LogP contribution >= 0.6 is 0 Å². The van der Waals surface area contributed by atoms with Crippen molar-refractivity contribution in [2.75, 3.05) is 31.1 Å². The third-order valence-electron chi connectivity index (χ3n) is 4.53. The van der Waals surface area contributed by atoms with Crippen LogP contribution in [0, 0.1) is 5.82 Å². The summed E-state index contributed by atoms with van der Waals surface area (Å²) in [6.07, 6.45) is 2.89. The van der Waals surface area contributed by atoms with Gasteiger partial charge in [-0.3, -0.25) is 4.68 Å². The molecule has 0 amide bonds. The molecule has 6 nitrogen and oxygen atoms in total. The second-order valence-corrected chi connectivity index (χ2v) is 6.25. The molecule has 1 aromatic carbocycles. The number of halogens is 1. The molecule has 134 valence electrons. The Morgan fingerprint density at radius 3 is 2.52 bits per heavy atom. The van der Waals surface area contributed by atoms with Crippen LogP contribution in [0.1, 0.15) is 18.2 Å². The van der Waals surface area contributed by atoms with Crippen LogP contribution < -0.4 is 10.6 Å². The van der Waals surface area contributed by atoms with Crippen LogP contribution in [0.2, 0.25) is 0 Å². The van der Waals surface area contributed by atoms with Gasteiger partial charge in [-0.2, -0.15) is 5.10 Å². The second-order valence-electron chi connectivity index (χ2n) is 6.25. The van der Waals surface area contributed by atoms with E-state index in [9.17, 15) is 4.39 Å². The number of aliphatic imine (C=N–C) groups is 1. The van der Waals surface area contributed by atoms with Crippen LogP contribution in [0.4, 0.5) is 10.1 Å². The summed E-state index contributed by atoms with van der Waals surface area (Å²) in [5.41, 5.74) is 9.41. The van der Waals surface area contributed by atoms with Crippen molar-refractivity contribution >= 4 is 11.6 Å². The van der Waals surface area contributed by atoms with Gasteiger partial charge in [-0.25, -0.2) is 9.38 Å². The van der Waals surface area contributed by atoms with Gasteiger partial charge in [0.25, 0.3) is 0 Å². The number of anilines is 1. The maximum atomic E-state index is 13.0. The monoisotopic (exact) mass is 344 g/mol. The van der Waals surface area contributed by atoms with Gasteiger partial charge in [0.15, 0.2) is 5.96 Å². The molecule has 0 saturated carbocycles. The topological polar surface area (TPSA) is 62.7 Å². The molecule has 3 rings (SSSR count). The molecular weight excluding hydrogens is 319 g/mol. The number of hydrogen-bond acceptors (Lipinski definition) is 3. The molecule has 1 aromatic heterocycles. The summed E-state index contributed by atoms with van der Waals surface area (Å²) >= 11 is 0. The van der Waals surface area contributed by atoms with Gasteiger partial charge in [-0.15, -0.1) is 0 Å². The van der Waals surface area contributed by atoms with E-state index in [-0.39, 0.29) is 5.82 Å². The number of nitrogens with two attached hydrogens (primary N) is 1. The lowest BCUT2D eigenvalue weighted by Crippen LogP contribution is -2.51. The van der Waals surface area contributed by atoms with E-state index in [2.05, 4.69) is 26.8 Å². The highest BCUT2D eigenvalue weighted by Crippen LogP contribution is 2.17. The van der Waals surface area contributed by atoms with E-state index < -0.39 is 0 Å². The highest BCUT2D eigenvalue weighted by atomic mass is 19.1. The Labute approximate surface area is 147 Å². The van der Waals surface area contributed by atoms with Crippen LogP contribution in [0.3, 0.4) is 0 Å². The van der Waals surface area contributed by atoms with Crippen LogP contribution in [-0.2, 0) is 20.0 Å². The SMILES string of the molecule is CCc1nn(C)cc1CN=C(N)N1CCN(c2ccc(F)cc2)CC1. The number of guanidine groups is 1. The molecule has 2 heterocycles. The Balaban J connectivity index is 1.57. The lowest BCUT2D eigenvalue weighted by atomic mass is 10.2. The standard InChI is InChI=1S/C18H25FN6/c1-3-17-14(13-23(2)22-17)12-21-18(20)25-10-8-24(9-11-25)16-6-4-15(19)5-7-16/h4-7,13H,3,8-12H2,1-2H3,(H2,20,21). The third-order valence-corrected chi connectivity index (χ3v) is 4.53. The molecule has 7 heteroatoms. The number of benzene rings is 1. The molecule has 2 aromatic rings. The molecule has 0 bridgehead atoms. The van der Waals surface area contributed by atoms with Crippen molar-refractivity contribution < 1.29 is 4.39 Å². The first-order valence-corrected chi connectivity index (χ1v) is 8.63. The first-order valence-electron chi connectivity index (χ1n) is 8.63.